The van der Waals surface area contributed by atoms with E-state index in [1.165, 1.54) is 12.1 Å². The van der Waals surface area contributed by atoms with Gasteiger partial charge in [-0.15, -0.1) is 0 Å². The normalized spacial score (nSPS) is 17.4. The van der Waals surface area contributed by atoms with Crippen LogP contribution >= 0.6 is 0 Å². The van der Waals surface area contributed by atoms with Crippen molar-refractivity contribution in [1.82, 2.24) is 0 Å². The van der Waals surface area contributed by atoms with Crippen LogP contribution in [0.3, 0.4) is 0 Å². The Kier molecular flexibility index (Phi) is 6.89. The summed E-state index contributed by atoms with van der Waals surface area (Å²) in [5.41, 5.74) is -1.47. The van der Waals surface area contributed by atoms with Gasteiger partial charge < -0.3 is 0 Å². The summed E-state index contributed by atoms with van der Waals surface area (Å²) in [5, 5.41) is 28.4. The Bertz CT molecular complexity index is 1120. The number of nitro benzene ring substituents is 2. The smallest absolute Gasteiger partial charge is 0.298 e. The Morgan fingerprint density at radius 1 is 1.09 bits per heavy atom. The number of benzene rings is 2. The molecule has 0 heterocycles. The van der Waals surface area contributed by atoms with Crippen LogP contribution in [0.15, 0.2) is 47.6 Å². The van der Waals surface area contributed by atoms with E-state index < -0.39 is 45.0 Å². The van der Waals surface area contributed by atoms with Gasteiger partial charge in [-0.05, 0) is 43.5 Å². The van der Waals surface area contributed by atoms with E-state index in [0.717, 1.165) is 30.3 Å². The van der Waals surface area contributed by atoms with Crippen LogP contribution in [0.5, 0.6) is 0 Å². The van der Waals surface area contributed by atoms with Gasteiger partial charge in [0.2, 0.25) is 0 Å². The molecule has 2 aromatic carbocycles. The molecule has 1 fully saturated rings. The molecule has 3 rings (SSSR count). The van der Waals surface area contributed by atoms with Gasteiger partial charge in [0.15, 0.2) is 0 Å². The van der Waals surface area contributed by atoms with Crippen LogP contribution < -0.4 is 5.32 Å². The van der Waals surface area contributed by atoms with Crippen molar-refractivity contribution in [3.63, 3.8) is 0 Å². The molecule has 0 aromatic heterocycles. The zero-order chi connectivity index (χ0) is 24.2. The van der Waals surface area contributed by atoms with E-state index in [0.29, 0.717) is 31.4 Å². The average Bonchev–Trinajstić information content (AvgIpc) is 2.77. The van der Waals surface area contributed by atoms with Crippen molar-refractivity contribution in [1.29, 1.82) is 0 Å². The predicted molar refractivity (Wildman–Crippen MR) is 110 cm³/mol. The predicted octanol–water partition coefficient (Wildman–Crippen LogP) is 5.78. The highest BCUT2D eigenvalue weighted by Crippen LogP contribution is 2.38. The maximum Gasteiger partial charge on any atom is 0.437 e. The standard InChI is InChI=1S/C20H17F3N4O6/c21-20(22,23)12-4-3-5-13(10-12)24-19(28)33-25-17-7-2-1-6-15(17)16-9-8-14(26(29)30)11-18(16)27(31)32/h3-5,8-11,15H,1-2,6-7H2,(H,24,28). The van der Waals surface area contributed by atoms with E-state index >= 15 is 0 Å². The van der Waals surface area contributed by atoms with Crippen LogP contribution in [0, 0.1) is 20.2 Å². The molecule has 1 unspecified atom stereocenters. The SMILES string of the molecule is O=C(Nc1cccc(C(F)(F)F)c1)ON=C1CCCCC1c1ccc([N+](=O)[O-])cc1[N+](=O)[O-]. The quantitative estimate of drug-likeness (QED) is 0.337. The molecule has 10 nitrogen and oxygen atoms in total. The average molecular weight is 466 g/mol. The summed E-state index contributed by atoms with van der Waals surface area (Å²) in [5.74, 6) is -0.610. The molecule has 1 saturated carbocycles. The highest BCUT2D eigenvalue weighted by Gasteiger charge is 2.32. The molecule has 0 bridgehead atoms. The number of carbonyl (C=O) groups is 1. The van der Waals surface area contributed by atoms with E-state index in [1.807, 2.05) is 0 Å². The Hall–Kier alpha value is -4.03. The lowest BCUT2D eigenvalue weighted by atomic mass is 9.81. The third kappa shape index (κ3) is 5.81. The number of oxime groups is 1. The Labute approximate surface area is 184 Å². The lowest BCUT2D eigenvalue weighted by Gasteiger charge is -2.23. The summed E-state index contributed by atoms with van der Waals surface area (Å²) >= 11 is 0. The first-order valence-electron chi connectivity index (χ1n) is 9.71. The molecular weight excluding hydrogens is 449 g/mol. The molecule has 2 aromatic rings. The van der Waals surface area contributed by atoms with Crippen molar-refractivity contribution in [3.8, 4) is 0 Å². The number of non-ortho nitro benzene ring substituents is 1. The maximum atomic E-state index is 12.8. The molecule has 174 valence electrons. The Morgan fingerprint density at radius 2 is 1.85 bits per heavy atom. The Morgan fingerprint density at radius 3 is 2.52 bits per heavy atom. The number of nitrogens with one attached hydrogen (secondary N) is 1. The highest BCUT2D eigenvalue weighted by molar-refractivity contribution is 5.93. The fraction of sp³-hybridized carbons (Fsp3) is 0.300. The summed E-state index contributed by atoms with van der Waals surface area (Å²) in [4.78, 5) is 37.8. The minimum atomic E-state index is -4.59. The molecule has 0 spiro atoms. The molecule has 1 atom stereocenters. The molecule has 0 saturated heterocycles. The van der Waals surface area contributed by atoms with Crippen molar-refractivity contribution in [2.45, 2.75) is 37.8 Å². The largest absolute Gasteiger partial charge is 0.437 e. The number of anilines is 1. The highest BCUT2D eigenvalue weighted by atomic mass is 19.4. The molecule has 1 N–H and O–H groups in total. The van der Waals surface area contributed by atoms with E-state index in [9.17, 15) is 38.2 Å². The molecule has 13 heteroatoms. The fourth-order valence-electron chi connectivity index (χ4n) is 3.55. The number of halogens is 3. The van der Waals surface area contributed by atoms with Gasteiger partial charge in [0.1, 0.15) is 0 Å². The van der Waals surface area contributed by atoms with Crippen LogP contribution in [0.2, 0.25) is 0 Å². The van der Waals surface area contributed by atoms with Crippen molar-refractivity contribution < 1.29 is 32.6 Å². The number of alkyl halides is 3. The van der Waals surface area contributed by atoms with Gasteiger partial charge >= 0.3 is 12.3 Å². The monoisotopic (exact) mass is 466 g/mol. The van der Waals surface area contributed by atoms with Gasteiger partial charge in [-0.1, -0.05) is 17.6 Å². The molecule has 0 aliphatic heterocycles. The zero-order valence-corrected chi connectivity index (χ0v) is 16.9. The summed E-state index contributed by atoms with van der Waals surface area (Å²) in [6.45, 7) is 0. The number of amides is 1. The second-order valence-corrected chi connectivity index (χ2v) is 7.22. The number of hydrogen-bond acceptors (Lipinski definition) is 7. The van der Waals surface area contributed by atoms with Crippen LogP contribution in [0.1, 0.15) is 42.7 Å². The molecule has 33 heavy (non-hydrogen) atoms. The number of carbonyl (C=O) groups excluding carboxylic acids is 1. The maximum absolute atomic E-state index is 12.8. The van der Waals surface area contributed by atoms with E-state index in [1.54, 1.807) is 0 Å². The fourth-order valence-corrected chi connectivity index (χ4v) is 3.55. The molecule has 1 aliphatic carbocycles. The topological polar surface area (TPSA) is 137 Å². The third-order valence-electron chi connectivity index (χ3n) is 5.06. The summed E-state index contributed by atoms with van der Waals surface area (Å²) in [6.07, 6.45) is -3.55. The van der Waals surface area contributed by atoms with Crippen LogP contribution in [0.25, 0.3) is 0 Å². The summed E-state index contributed by atoms with van der Waals surface area (Å²) < 4.78 is 38.4. The number of rotatable bonds is 5. The first-order chi connectivity index (χ1) is 15.6. The zero-order valence-electron chi connectivity index (χ0n) is 16.9. The minimum Gasteiger partial charge on any atom is -0.298 e. The first kappa shape index (κ1) is 23.6. The summed E-state index contributed by atoms with van der Waals surface area (Å²) in [7, 11) is 0. The van der Waals surface area contributed by atoms with Gasteiger partial charge in [0.25, 0.3) is 11.4 Å². The van der Waals surface area contributed by atoms with Gasteiger partial charge in [-0.2, -0.15) is 13.2 Å². The second-order valence-electron chi connectivity index (χ2n) is 7.22. The van der Waals surface area contributed by atoms with Crippen LogP contribution in [-0.4, -0.2) is 21.7 Å². The van der Waals surface area contributed by atoms with Gasteiger partial charge in [-0.3, -0.25) is 30.4 Å². The molecule has 1 amide bonds. The number of hydrogen-bond donors (Lipinski definition) is 1. The van der Waals surface area contributed by atoms with E-state index in [4.69, 9.17) is 4.84 Å². The second kappa shape index (κ2) is 9.63. The number of nitro groups is 2. The minimum absolute atomic E-state index is 0.152. The Balaban J connectivity index is 1.80. The van der Waals surface area contributed by atoms with Crippen LogP contribution in [0.4, 0.5) is 35.0 Å². The van der Waals surface area contributed by atoms with Crippen molar-refractivity contribution in [2.24, 2.45) is 5.16 Å². The van der Waals surface area contributed by atoms with Gasteiger partial charge in [-0.25, -0.2) is 4.79 Å². The van der Waals surface area contributed by atoms with Gasteiger partial charge in [0.05, 0.1) is 27.2 Å². The van der Waals surface area contributed by atoms with Crippen molar-refractivity contribution in [3.05, 3.63) is 73.8 Å². The van der Waals surface area contributed by atoms with E-state index in [-0.39, 0.29) is 11.3 Å². The molecule has 1 aliphatic rings. The summed E-state index contributed by atoms with van der Waals surface area (Å²) in [6, 6.07) is 7.24. The van der Waals surface area contributed by atoms with E-state index in [2.05, 4.69) is 10.5 Å². The molecule has 0 radical (unpaired) electrons. The third-order valence-corrected chi connectivity index (χ3v) is 5.06. The first-order valence-corrected chi connectivity index (χ1v) is 9.71. The lowest BCUT2D eigenvalue weighted by Crippen LogP contribution is -2.21. The van der Waals surface area contributed by atoms with Gasteiger partial charge in [0, 0.05) is 23.2 Å². The lowest BCUT2D eigenvalue weighted by molar-refractivity contribution is -0.394. The van der Waals surface area contributed by atoms with Crippen molar-refractivity contribution >= 4 is 28.9 Å². The molecular formula is C20H17F3N4O6. The van der Waals surface area contributed by atoms with Crippen molar-refractivity contribution in [2.75, 3.05) is 5.32 Å². The number of nitrogens with zero attached hydrogens (tertiary/aromatic N) is 3. The van der Waals surface area contributed by atoms with Crippen LogP contribution in [-0.2, 0) is 11.0 Å².